The lowest BCUT2D eigenvalue weighted by molar-refractivity contribution is 0.174. The Hall–Kier alpha value is -1.22. The van der Waals surface area contributed by atoms with Crippen LogP contribution in [0.4, 0.5) is 0 Å². The van der Waals surface area contributed by atoms with E-state index in [0.717, 1.165) is 5.56 Å². The van der Waals surface area contributed by atoms with Gasteiger partial charge in [-0.3, -0.25) is 0 Å². The summed E-state index contributed by atoms with van der Waals surface area (Å²) in [6.07, 6.45) is 0. The molecule has 0 aliphatic carbocycles. The molecule has 1 rings (SSSR count). The fraction of sp³-hybridized carbons (Fsp3) is 0.455. The van der Waals surface area contributed by atoms with Gasteiger partial charge in [-0.1, -0.05) is 6.92 Å². The molecule has 0 aliphatic heterocycles. The summed E-state index contributed by atoms with van der Waals surface area (Å²) in [4.78, 5) is 0. The normalized spacial score (nSPS) is 12.5. The summed E-state index contributed by atoms with van der Waals surface area (Å²) in [7, 11) is 0. The van der Waals surface area contributed by atoms with Gasteiger partial charge in [0.1, 0.15) is 11.5 Å². The van der Waals surface area contributed by atoms with E-state index in [2.05, 4.69) is 0 Å². The number of aliphatic hydroxyl groups excluding tert-OH is 1. The van der Waals surface area contributed by atoms with Crippen molar-refractivity contribution in [2.24, 2.45) is 5.92 Å². The van der Waals surface area contributed by atoms with E-state index in [9.17, 15) is 5.11 Å². The summed E-state index contributed by atoms with van der Waals surface area (Å²) in [6, 6.07) is 5.09. The molecule has 3 heteroatoms. The van der Waals surface area contributed by atoms with Crippen LogP contribution in [0.5, 0.6) is 11.5 Å². The van der Waals surface area contributed by atoms with Crippen LogP contribution in [0.15, 0.2) is 18.2 Å². The summed E-state index contributed by atoms with van der Waals surface area (Å²) in [5, 5.41) is 18.1. The Labute approximate surface area is 84.0 Å². The Morgan fingerprint density at radius 2 is 2.07 bits per heavy atom. The number of phenolic OH excluding ortho intramolecular Hbond substituents is 1. The Morgan fingerprint density at radius 1 is 1.36 bits per heavy atom. The standard InChI is InChI=1S/C11H16O3/c1-8-3-10(13)5-11(4-8)14-7-9(2)6-12/h3-5,9,12-13H,6-7H2,1-2H3. The van der Waals surface area contributed by atoms with Crippen LogP contribution in [0.2, 0.25) is 0 Å². The summed E-state index contributed by atoms with van der Waals surface area (Å²) >= 11 is 0. The second-order valence-corrected chi connectivity index (χ2v) is 3.60. The average molecular weight is 196 g/mol. The third-order valence-corrected chi connectivity index (χ3v) is 1.88. The van der Waals surface area contributed by atoms with Gasteiger partial charge in [0, 0.05) is 18.6 Å². The molecule has 78 valence electrons. The van der Waals surface area contributed by atoms with Crippen LogP contribution in [0.1, 0.15) is 12.5 Å². The molecule has 3 nitrogen and oxygen atoms in total. The maximum absolute atomic E-state index is 9.29. The minimum absolute atomic E-state index is 0.109. The zero-order valence-electron chi connectivity index (χ0n) is 8.53. The van der Waals surface area contributed by atoms with Gasteiger partial charge < -0.3 is 14.9 Å². The minimum Gasteiger partial charge on any atom is -0.508 e. The summed E-state index contributed by atoms with van der Waals surface area (Å²) in [5.41, 5.74) is 0.955. The van der Waals surface area contributed by atoms with Gasteiger partial charge in [0.25, 0.3) is 0 Å². The van der Waals surface area contributed by atoms with Crippen LogP contribution in [0.3, 0.4) is 0 Å². The Bertz CT molecular complexity index is 276. The highest BCUT2D eigenvalue weighted by molar-refractivity contribution is 5.36. The number of aromatic hydroxyl groups is 1. The highest BCUT2D eigenvalue weighted by Gasteiger charge is 2.02. The van der Waals surface area contributed by atoms with Crippen LogP contribution in [-0.4, -0.2) is 23.4 Å². The second-order valence-electron chi connectivity index (χ2n) is 3.60. The first-order valence-electron chi connectivity index (χ1n) is 4.66. The van der Waals surface area contributed by atoms with Crippen LogP contribution >= 0.6 is 0 Å². The first-order valence-corrected chi connectivity index (χ1v) is 4.66. The van der Waals surface area contributed by atoms with E-state index in [1.54, 1.807) is 12.1 Å². The smallest absolute Gasteiger partial charge is 0.123 e. The maximum atomic E-state index is 9.29. The molecule has 0 heterocycles. The molecule has 0 fully saturated rings. The van der Waals surface area contributed by atoms with Crippen molar-refractivity contribution in [1.82, 2.24) is 0 Å². The van der Waals surface area contributed by atoms with Gasteiger partial charge in [0.2, 0.25) is 0 Å². The van der Waals surface area contributed by atoms with E-state index in [0.29, 0.717) is 12.4 Å². The predicted octanol–water partition coefficient (Wildman–Crippen LogP) is 1.71. The van der Waals surface area contributed by atoms with E-state index in [1.165, 1.54) is 0 Å². The fourth-order valence-electron chi connectivity index (χ4n) is 1.10. The second kappa shape index (κ2) is 4.86. The Morgan fingerprint density at radius 3 is 2.64 bits per heavy atom. The van der Waals surface area contributed by atoms with Crippen molar-refractivity contribution in [3.63, 3.8) is 0 Å². The van der Waals surface area contributed by atoms with Crippen molar-refractivity contribution in [2.45, 2.75) is 13.8 Å². The minimum atomic E-state index is 0.109. The van der Waals surface area contributed by atoms with Gasteiger partial charge in [-0.25, -0.2) is 0 Å². The highest BCUT2D eigenvalue weighted by atomic mass is 16.5. The molecule has 0 aliphatic rings. The largest absolute Gasteiger partial charge is 0.508 e. The highest BCUT2D eigenvalue weighted by Crippen LogP contribution is 2.21. The van der Waals surface area contributed by atoms with E-state index in [-0.39, 0.29) is 18.3 Å². The topological polar surface area (TPSA) is 49.7 Å². The first-order chi connectivity index (χ1) is 6.61. The summed E-state index contributed by atoms with van der Waals surface area (Å²) < 4.78 is 5.40. The molecule has 0 spiro atoms. The zero-order valence-corrected chi connectivity index (χ0v) is 8.53. The number of aliphatic hydroxyl groups is 1. The Balaban J connectivity index is 2.58. The van der Waals surface area contributed by atoms with E-state index in [4.69, 9.17) is 9.84 Å². The molecule has 1 unspecified atom stereocenters. The zero-order chi connectivity index (χ0) is 10.6. The molecule has 2 N–H and O–H groups in total. The SMILES string of the molecule is Cc1cc(O)cc(OCC(C)CO)c1. The monoisotopic (exact) mass is 196 g/mol. The lowest BCUT2D eigenvalue weighted by Gasteiger charge is -2.11. The van der Waals surface area contributed by atoms with Crippen LogP contribution in [0.25, 0.3) is 0 Å². The quantitative estimate of drug-likeness (QED) is 0.770. The number of benzene rings is 1. The number of aryl methyl sites for hydroxylation is 1. The lowest BCUT2D eigenvalue weighted by atomic mass is 10.2. The number of phenols is 1. The molecule has 0 aromatic heterocycles. The van der Waals surface area contributed by atoms with Crippen LogP contribution in [0, 0.1) is 12.8 Å². The molecule has 1 atom stereocenters. The van der Waals surface area contributed by atoms with Gasteiger partial charge >= 0.3 is 0 Å². The molecule has 0 amide bonds. The number of rotatable bonds is 4. The van der Waals surface area contributed by atoms with Gasteiger partial charge in [0.05, 0.1) is 6.61 Å². The molecular formula is C11H16O3. The summed E-state index contributed by atoms with van der Waals surface area (Å²) in [5.74, 6) is 0.956. The third-order valence-electron chi connectivity index (χ3n) is 1.88. The first kappa shape index (κ1) is 10.9. The molecule has 0 bridgehead atoms. The molecular weight excluding hydrogens is 180 g/mol. The van der Waals surface area contributed by atoms with Crippen molar-refractivity contribution in [2.75, 3.05) is 13.2 Å². The van der Waals surface area contributed by atoms with Crippen LogP contribution < -0.4 is 4.74 Å². The van der Waals surface area contributed by atoms with E-state index < -0.39 is 0 Å². The Kier molecular flexibility index (Phi) is 3.77. The van der Waals surface area contributed by atoms with Crippen molar-refractivity contribution in [3.8, 4) is 11.5 Å². The molecule has 1 aromatic carbocycles. The van der Waals surface area contributed by atoms with Crippen molar-refractivity contribution >= 4 is 0 Å². The molecule has 0 saturated carbocycles. The average Bonchev–Trinajstić information content (AvgIpc) is 2.12. The van der Waals surface area contributed by atoms with Crippen LogP contribution in [-0.2, 0) is 0 Å². The van der Waals surface area contributed by atoms with E-state index >= 15 is 0 Å². The van der Waals surface area contributed by atoms with Gasteiger partial charge in [-0.05, 0) is 24.6 Å². The van der Waals surface area contributed by atoms with Crippen molar-refractivity contribution < 1.29 is 14.9 Å². The predicted molar refractivity (Wildman–Crippen MR) is 54.6 cm³/mol. The van der Waals surface area contributed by atoms with Gasteiger partial charge in [-0.15, -0.1) is 0 Å². The molecule has 0 saturated heterocycles. The van der Waals surface area contributed by atoms with Crippen molar-refractivity contribution in [3.05, 3.63) is 23.8 Å². The van der Waals surface area contributed by atoms with E-state index in [1.807, 2.05) is 19.9 Å². The third kappa shape index (κ3) is 3.26. The number of ether oxygens (including phenoxy) is 1. The number of hydrogen-bond acceptors (Lipinski definition) is 3. The van der Waals surface area contributed by atoms with Gasteiger partial charge in [0.15, 0.2) is 0 Å². The summed E-state index contributed by atoms with van der Waals surface area (Å²) in [6.45, 7) is 4.36. The molecule has 0 radical (unpaired) electrons. The fourth-order valence-corrected chi connectivity index (χ4v) is 1.10. The lowest BCUT2D eigenvalue weighted by Crippen LogP contribution is -2.12. The van der Waals surface area contributed by atoms with Gasteiger partial charge in [-0.2, -0.15) is 0 Å². The molecule has 1 aromatic rings. The molecule has 14 heavy (non-hydrogen) atoms. The van der Waals surface area contributed by atoms with Crippen molar-refractivity contribution in [1.29, 1.82) is 0 Å². The maximum Gasteiger partial charge on any atom is 0.123 e. The number of hydrogen-bond donors (Lipinski definition) is 2.